The monoisotopic (exact) mass is 426 g/mol. The first-order valence-electron chi connectivity index (χ1n) is 8.61. The van der Waals surface area contributed by atoms with Crippen molar-refractivity contribution in [2.75, 3.05) is 10.2 Å². The van der Waals surface area contributed by atoms with Crippen LogP contribution in [0.4, 0.5) is 15.8 Å². The molecule has 144 valence electrons. The number of amides is 2. The standard InChI is InChI=1S/C22H13Cl2FN2O2/c23-14-3-1-13(2-4-14)19-20(26-17-9-7-16(25)8-10-17)22(29)27(21(19)28)18-11-5-15(24)6-12-18/h1-12,26H. The van der Waals surface area contributed by atoms with Crippen LogP contribution in [0.1, 0.15) is 5.56 Å². The third-order valence-corrected chi connectivity index (χ3v) is 4.92. The molecule has 1 heterocycles. The predicted octanol–water partition coefficient (Wildman–Crippen LogP) is 5.53. The van der Waals surface area contributed by atoms with Crippen LogP contribution >= 0.6 is 23.2 Å². The lowest BCUT2D eigenvalue weighted by atomic mass is 10.0. The summed E-state index contributed by atoms with van der Waals surface area (Å²) in [6, 6.07) is 18.5. The molecular formula is C22H13Cl2FN2O2. The highest BCUT2D eigenvalue weighted by Crippen LogP contribution is 2.34. The third-order valence-electron chi connectivity index (χ3n) is 4.42. The second kappa shape index (κ2) is 7.70. The molecule has 1 aliphatic rings. The van der Waals surface area contributed by atoms with E-state index < -0.39 is 17.6 Å². The van der Waals surface area contributed by atoms with E-state index in [9.17, 15) is 14.0 Å². The van der Waals surface area contributed by atoms with Crippen LogP contribution in [-0.4, -0.2) is 11.8 Å². The first-order valence-corrected chi connectivity index (χ1v) is 9.37. The highest BCUT2D eigenvalue weighted by atomic mass is 35.5. The number of carbonyl (C=O) groups is 2. The number of halogens is 3. The number of nitrogens with zero attached hydrogens (tertiary/aromatic N) is 1. The van der Waals surface area contributed by atoms with Gasteiger partial charge in [-0.1, -0.05) is 35.3 Å². The third kappa shape index (κ3) is 3.75. The molecular weight excluding hydrogens is 414 g/mol. The van der Waals surface area contributed by atoms with E-state index in [4.69, 9.17) is 23.2 Å². The Labute approximate surface area is 176 Å². The highest BCUT2D eigenvalue weighted by molar-refractivity contribution is 6.46. The molecule has 1 N–H and O–H groups in total. The number of anilines is 2. The molecule has 7 heteroatoms. The Hall–Kier alpha value is -3.15. The number of rotatable bonds is 4. The summed E-state index contributed by atoms with van der Waals surface area (Å²) in [7, 11) is 0. The molecule has 0 spiro atoms. The van der Waals surface area contributed by atoms with Crippen LogP contribution in [0.15, 0.2) is 78.5 Å². The van der Waals surface area contributed by atoms with Gasteiger partial charge in [0, 0.05) is 15.7 Å². The van der Waals surface area contributed by atoms with Gasteiger partial charge in [0.05, 0.1) is 11.3 Å². The van der Waals surface area contributed by atoms with E-state index in [2.05, 4.69) is 5.32 Å². The molecule has 0 aliphatic carbocycles. The predicted molar refractivity (Wildman–Crippen MR) is 112 cm³/mol. The van der Waals surface area contributed by atoms with Gasteiger partial charge < -0.3 is 5.32 Å². The van der Waals surface area contributed by atoms with Gasteiger partial charge in [-0.15, -0.1) is 0 Å². The number of hydrogen-bond donors (Lipinski definition) is 1. The second-order valence-electron chi connectivity index (χ2n) is 6.31. The van der Waals surface area contributed by atoms with Gasteiger partial charge in [-0.25, -0.2) is 9.29 Å². The molecule has 4 rings (SSSR count). The number of carbonyl (C=O) groups excluding carboxylic acids is 2. The van der Waals surface area contributed by atoms with Gasteiger partial charge in [-0.05, 0) is 66.2 Å². The van der Waals surface area contributed by atoms with E-state index in [1.165, 1.54) is 24.3 Å². The van der Waals surface area contributed by atoms with E-state index in [0.29, 0.717) is 27.0 Å². The second-order valence-corrected chi connectivity index (χ2v) is 7.18. The van der Waals surface area contributed by atoms with Crippen LogP contribution in [0.3, 0.4) is 0 Å². The molecule has 0 atom stereocenters. The summed E-state index contributed by atoms with van der Waals surface area (Å²) in [6.07, 6.45) is 0. The number of hydrogen-bond acceptors (Lipinski definition) is 3. The summed E-state index contributed by atoms with van der Waals surface area (Å²) in [5.74, 6) is -1.41. The molecule has 3 aromatic rings. The van der Waals surface area contributed by atoms with Gasteiger partial charge in [-0.2, -0.15) is 0 Å². The Morgan fingerprint density at radius 2 is 1.28 bits per heavy atom. The molecule has 0 radical (unpaired) electrons. The summed E-state index contributed by atoms with van der Waals surface area (Å²) < 4.78 is 13.2. The first kappa shape index (κ1) is 19.2. The quantitative estimate of drug-likeness (QED) is 0.558. The molecule has 0 bridgehead atoms. The zero-order valence-electron chi connectivity index (χ0n) is 14.8. The van der Waals surface area contributed by atoms with E-state index in [1.807, 2.05) is 0 Å². The molecule has 4 nitrogen and oxygen atoms in total. The Balaban J connectivity index is 1.80. The van der Waals surface area contributed by atoms with E-state index in [1.54, 1.807) is 48.5 Å². The summed E-state index contributed by atoms with van der Waals surface area (Å²) >= 11 is 11.9. The summed E-state index contributed by atoms with van der Waals surface area (Å²) in [6.45, 7) is 0. The molecule has 0 saturated heterocycles. The van der Waals surface area contributed by atoms with E-state index in [0.717, 1.165) is 4.90 Å². The smallest absolute Gasteiger partial charge is 0.282 e. The van der Waals surface area contributed by atoms with Crippen LogP contribution in [-0.2, 0) is 9.59 Å². The number of benzene rings is 3. The van der Waals surface area contributed by atoms with E-state index >= 15 is 0 Å². The van der Waals surface area contributed by atoms with Gasteiger partial charge in [0.25, 0.3) is 11.8 Å². The van der Waals surface area contributed by atoms with Gasteiger partial charge in [0.2, 0.25) is 0 Å². The van der Waals surface area contributed by atoms with Crippen molar-refractivity contribution in [3.8, 4) is 0 Å². The minimum Gasteiger partial charge on any atom is -0.350 e. The Morgan fingerprint density at radius 1 is 0.724 bits per heavy atom. The zero-order chi connectivity index (χ0) is 20.5. The molecule has 0 fully saturated rings. The minimum absolute atomic E-state index is 0.0962. The molecule has 2 amide bonds. The summed E-state index contributed by atoms with van der Waals surface area (Å²) in [5.41, 5.74) is 1.71. The van der Waals surface area contributed by atoms with Crippen molar-refractivity contribution in [3.63, 3.8) is 0 Å². The lowest BCUT2D eigenvalue weighted by Gasteiger charge is -2.15. The Bertz CT molecular complexity index is 1120. The van der Waals surface area contributed by atoms with Crippen LogP contribution in [0.2, 0.25) is 10.0 Å². The molecule has 29 heavy (non-hydrogen) atoms. The maximum absolute atomic E-state index is 13.2. The molecule has 0 unspecified atom stereocenters. The lowest BCUT2D eigenvalue weighted by molar-refractivity contribution is -0.120. The van der Waals surface area contributed by atoms with Crippen molar-refractivity contribution in [3.05, 3.63) is 99.9 Å². The minimum atomic E-state index is -0.522. The van der Waals surface area contributed by atoms with Gasteiger partial charge >= 0.3 is 0 Å². The number of imide groups is 1. The molecule has 3 aromatic carbocycles. The Morgan fingerprint density at radius 3 is 1.86 bits per heavy atom. The molecule has 1 aliphatic heterocycles. The normalized spacial score (nSPS) is 14.0. The van der Waals surface area contributed by atoms with Crippen LogP contribution in [0.5, 0.6) is 0 Å². The van der Waals surface area contributed by atoms with Crippen LogP contribution in [0.25, 0.3) is 5.57 Å². The molecule has 0 aromatic heterocycles. The fraction of sp³-hybridized carbons (Fsp3) is 0. The number of nitrogens with one attached hydrogen (secondary N) is 1. The average Bonchev–Trinajstić information content (AvgIpc) is 2.95. The SMILES string of the molecule is O=C1C(Nc2ccc(F)cc2)=C(c2ccc(Cl)cc2)C(=O)N1c1ccc(Cl)cc1. The average molecular weight is 427 g/mol. The molecule has 0 saturated carbocycles. The fourth-order valence-corrected chi connectivity index (χ4v) is 3.28. The van der Waals surface area contributed by atoms with Crippen molar-refractivity contribution in [1.29, 1.82) is 0 Å². The highest BCUT2D eigenvalue weighted by Gasteiger charge is 2.40. The van der Waals surface area contributed by atoms with E-state index in [-0.39, 0.29) is 11.3 Å². The Kier molecular flexibility index (Phi) is 5.09. The van der Waals surface area contributed by atoms with Crippen molar-refractivity contribution >= 4 is 52.0 Å². The van der Waals surface area contributed by atoms with Crippen LogP contribution < -0.4 is 10.2 Å². The fourth-order valence-electron chi connectivity index (χ4n) is 3.03. The maximum Gasteiger partial charge on any atom is 0.282 e. The lowest BCUT2D eigenvalue weighted by Crippen LogP contribution is -2.32. The largest absolute Gasteiger partial charge is 0.350 e. The van der Waals surface area contributed by atoms with Crippen molar-refractivity contribution in [2.24, 2.45) is 0 Å². The maximum atomic E-state index is 13.2. The van der Waals surface area contributed by atoms with Crippen LogP contribution in [0, 0.1) is 5.82 Å². The first-order chi connectivity index (χ1) is 13.9. The van der Waals surface area contributed by atoms with Crippen molar-refractivity contribution in [2.45, 2.75) is 0 Å². The van der Waals surface area contributed by atoms with Gasteiger partial charge in [0.15, 0.2) is 0 Å². The summed E-state index contributed by atoms with van der Waals surface area (Å²) in [4.78, 5) is 27.5. The van der Waals surface area contributed by atoms with Gasteiger partial charge in [0.1, 0.15) is 11.5 Å². The topological polar surface area (TPSA) is 49.4 Å². The van der Waals surface area contributed by atoms with Gasteiger partial charge in [-0.3, -0.25) is 9.59 Å². The van der Waals surface area contributed by atoms with Crippen molar-refractivity contribution in [1.82, 2.24) is 0 Å². The zero-order valence-corrected chi connectivity index (χ0v) is 16.3. The van der Waals surface area contributed by atoms with Crippen molar-refractivity contribution < 1.29 is 14.0 Å². The summed E-state index contributed by atoms with van der Waals surface area (Å²) in [5, 5.41) is 3.96.